The van der Waals surface area contributed by atoms with E-state index in [9.17, 15) is 0 Å². The lowest BCUT2D eigenvalue weighted by Crippen LogP contribution is -1.88. The Hall–Kier alpha value is -1.30. The molecule has 0 heteroatoms. The molecule has 0 amide bonds. The van der Waals surface area contributed by atoms with E-state index >= 15 is 0 Å². The van der Waals surface area contributed by atoms with Gasteiger partial charge in [-0.25, -0.2) is 0 Å². The maximum atomic E-state index is 2.23. The highest BCUT2D eigenvalue weighted by Crippen LogP contribution is 2.22. The van der Waals surface area contributed by atoms with E-state index in [1.807, 2.05) is 0 Å². The third kappa shape index (κ3) is 1.72. The molecule has 0 bridgehead atoms. The first-order chi connectivity index (χ1) is 6.40. The van der Waals surface area contributed by atoms with Gasteiger partial charge in [-0.15, -0.1) is 0 Å². The van der Waals surface area contributed by atoms with Crippen molar-refractivity contribution in [3.63, 3.8) is 0 Å². The molecule has 0 radical (unpaired) electrons. The maximum Gasteiger partial charge on any atom is -0.0184 e. The summed E-state index contributed by atoms with van der Waals surface area (Å²) < 4.78 is 0. The highest BCUT2D eigenvalue weighted by molar-refractivity contribution is 5.80. The molecule has 1 aliphatic carbocycles. The molecule has 13 heavy (non-hydrogen) atoms. The Bertz CT molecular complexity index is 339. The fourth-order valence-electron chi connectivity index (χ4n) is 1.54. The van der Waals surface area contributed by atoms with Crippen molar-refractivity contribution in [3.8, 4) is 0 Å². The van der Waals surface area contributed by atoms with E-state index in [-0.39, 0.29) is 0 Å². The maximum absolute atomic E-state index is 2.23. The van der Waals surface area contributed by atoms with Gasteiger partial charge in [-0.1, -0.05) is 55.8 Å². The average molecular weight is 170 g/mol. The molecule has 0 heterocycles. The van der Waals surface area contributed by atoms with Gasteiger partial charge in [0.2, 0.25) is 0 Å². The second kappa shape index (κ2) is 3.61. The average Bonchev–Trinajstić information content (AvgIpc) is 2.06. The summed E-state index contributed by atoms with van der Waals surface area (Å²) in [4.78, 5) is 0. The Kier molecular flexibility index (Phi) is 2.31. The molecule has 0 aromatic heterocycles. The van der Waals surface area contributed by atoms with E-state index in [4.69, 9.17) is 0 Å². The Morgan fingerprint density at radius 2 is 1.77 bits per heavy atom. The molecular weight excluding hydrogens is 156 g/mol. The van der Waals surface area contributed by atoms with Crippen LogP contribution < -0.4 is 0 Å². The zero-order valence-corrected chi connectivity index (χ0v) is 7.96. The molecule has 0 saturated carbocycles. The molecule has 0 unspecified atom stereocenters. The highest BCUT2D eigenvalue weighted by Gasteiger charge is 2.01. The van der Waals surface area contributed by atoms with Gasteiger partial charge in [-0.3, -0.25) is 0 Å². The van der Waals surface area contributed by atoms with Crippen LogP contribution in [0.15, 0.2) is 42.5 Å². The first kappa shape index (κ1) is 8.31. The SMILES string of the molecule is CCCc1ccc(C2=CC=C2)cc1. The molecule has 1 aromatic carbocycles. The van der Waals surface area contributed by atoms with Gasteiger partial charge in [0, 0.05) is 0 Å². The highest BCUT2D eigenvalue weighted by atomic mass is 14.1. The molecule has 0 saturated heterocycles. The lowest BCUT2D eigenvalue weighted by Gasteiger charge is -2.07. The van der Waals surface area contributed by atoms with Gasteiger partial charge < -0.3 is 0 Å². The summed E-state index contributed by atoms with van der Waals surface area (Å²) in [6.45, 7) is 2.21. The van der Waals surface area contributed by atoms with Crippen molar-refractivity contribution in [2.24, 2.45) is 0 Å². The standard InChI is InChI=1S/C13H14/c1-2-4-11-7-9-13(10-8-11)12-5-3-6-12/h3,5-10H,2,4H2,1H3. The predicted octanol–water partition coefficient (Wildman–Crippen LogP) is 3.59. The zero-order chi connectivity index (χ0) is 9.10. The summed E-state index contributed by atoms with van der Waals surface area (Å²) >= 11 is 0. The van der Waals surface area contributed by atoms with Crippen molar-refractivity contribution >= 4 is 5.57 Å². The lowest BCUT2D eigenvalue weighted by atomic mass is 9.98. The van der Waals surface area contributed by atoms with Gasteiger partial charge in [0.1, 0.15) is 0 Å². The predicted molar refractivity (Wildman–Crippen MR) is 57.6 cm³/mol. The summed E-state index contributed by atoms with van der Waals surface area (Å²) in [6.07, 6.45) is 8.79. The van der Waals surface area contributed by atoms with E-state index < -0.39 is 0 Å². The Morgan fingerprint density at radius 3 is 2.23 bits per heavy atom. The van der Waals surface area contributed by atoms with Crippen molar-refractivity contribution in [1.82, 2.24) is 0 Å². The van der Waals surface area contributed by atoms with Crippen LogP contribution in [0.2, 0.25) is 0 Å². The number of hydrogen-bond acceptors (Lipinski definition) is 0. The molecule has 2 rings (SSSR count). The van der Waals surface area contributed by atoms with E-state index in [1.165, 1.54) is 29.5 Å². The Morgan fingerprint density at radius 1 is 1.08 bits per heavy atom. The minimum Gasteiger partial charge on any atom is -0.0651 e. The van der Waals surface area contributed by atoms with Crippen molar-refractivity contribution < 1.29 is 0 Å². The summed E-state index contributed by atoms with van der Waals surface area (Å²) in [5.74, 6) is 0. The van der Waals surface area contributed by atoms with Crippen LogP contribution in [0.1, 0.15) is 24.5 Å². The van der Waals surface area contributed by atoms with E-state index in [1.54, 1.807) is 0 Å². The number of benzene rings is 1. The van der Waals surface area contributed by atoms with Crippen LogP contribution in [-0.2, 0) is 6.42 Å². The molecule has 66 valence electrons. The van der Waals surface area contributed by atoms with Gasteiger partial charge in [-0.05, 0) is 23.1 Å². The van der Waals surface area contributed by atoms with Crippen LogP contribution in [0.4, 0.5) is 0 Å². The van der Waals surface area contributed by atoms with Crippen LogP contribution in [0.5, 0.6) is 0 Å². The third-order valence-electron chi connectivity index (χ3n) is 2.38. The van der Waals surface area contributed by atoms with Crippen LogP contribution in [0.25, 0.3) is 5.57 Å². The smallest absolute Gasteiger partial charge is 0.0184 e. The molecule has 0 atom stereocenters. The molecule has 0 fully saturated rings. The number of hydrogen-bond donors (Lipinski definition) is 0. The normalized spacial score (nSPS) is 13.8. The molecule has 0 N–H and O–H groups in total. The first-order valence-corrected chi connectivity index (χ1v) is 4.88. The van der Waals surface area contributed by atoms with E-state index in [2.05, 4.69) is 49.4 Å². The monoisotopic (exact) mass is 170 g/mol. The van der Waals surface area contributed by atoms with Crippen molar-refractivity contribution in [3.05, 3.63) is 53.6 Å². The molecule has 1 aliphatic rings. The molecule has 0 spiro atoms. The number of aryl methyl sites for hydroxylation is 1. The summed E-state index contributed by atoms with van der Waals surface area (Å²) in [6, 6.07) is 8.87. The van der Waals surface area contributed by atoms with Crippen LogP contribution >= 0.6 is 0 Å². The van der Waals surface area contributed by atoms with Crippen molar-refractivity contribution in [1.29, 1.82) is 0 Å². The van der Waals surface area contributed by atoms with Gasteiger partial charge in [0.15, 0.2) is 0 Å². The number of rotatable bonds is 3. The van der Waals surface area contributed by atoms with E-state index in [0.717, 1.165) is 0 Å². The zero-order valence-electron chi connectivity index (χ0n) is 7.96. The molecule has 0 aliphatic heterocycles. The minimum atomic E-state index is 1.19. The van der Waals surface area contributed by atoms with Crippen LogP contribution in [-0.4, -0.2) is 0 Å². The second-order valence-electron chi connectivity index (χ2n) is 3.43. The quantitative estimate of drug-likeness (QED) is 0.650. The van der Waals surface area contributed by atoms with Crippen molar-refractivity contribution in [2.75, 3.05) is 0 Å². The van der Waals surface area contributed by atoms with Gasteiger partial charge in [0.25, 0.3) is 0 Å². The summed E-state index contributed by atoms with van der Waals surface area (Å²) in [5, 5.41) is 0. The number of allylic oxidation sites excluding steroid dienone is 4. The van der Waals surface area contributed by atoms with E-state index in [0.29, 0.717) is 0 Å². The topological polar surface area (TPSA) is 0 Å². The van der Waals surface area contributed by atoms with Crippen LogP contribution in [0, 0.1) is 0 Å². The van der Waals surface area contributed by atoms with Gasteiger partial charge in [-0.2, -0.15) is 0 Å². The Balaban J connectivity index is 2.14. The third-order valence-corrected chi connectivity index (χ3v) is 2.38. The fourth-order valence-corrected chi connectivity index (χ4v) is 1.54. The molecular formula is C13H14. The van der Waals surface area contributed by atoms with Gasteiger partial charge in [0.05, 0.1) is 0 Å². The first-order valence-electron chi connectivity index (χ1n) is 4.88. The summed E-state index contributed by atoms with van der Waals surface area (Å²) in [5.41, 5.74) is 4.13. The van der Waals surface area contributed by atoms with Crippen LogP contribution in [0.3, 0.4) is 0 Å². The molecule has 1 aromatic rings. The lowest BCUT2D eigenvalue weighted by molar-refractivity contribution is 0.922. The Labute approximate surface area is 79.6 Å². The fraction of sp³-hybridized carbons (Fsp3) is 0.231. The second-order valence-corrected chi connectivity index (χ2v) is 3.43. The minimum absolute atomic E-state index is 1.19. The molecule has 0 nitrogen and oxygen atoms in total. The van der Waals surface area contributed by atoms with Crippen molar-refractivity contribution in [2.45, 2.75) is 19.8 Å². The van der Waals surface area contributed by atoms with Gasteiger partial charge >= 0.3 is 0 Å². The summed E-state index contributed by atoms with van der Waals surface area (Å²) in [7, 11) is 0. The largest absolute Gasteiger partial charge is 0.0651 e.